The first-order valence-electron chi connectivity index (χ1n) is 8.22. The van der Waals surface area contributed by atoms with Crippen molar-refractivity contribution in [2.45, 2.75) is 32.1 Å². The molecule has 0 bridgehead atoms. The number of benzene rings is 1. The number of ether oxygens (including phenoxy) is 2. The van der Waals surface area contributed by atoms with Gasteiger partial charge < -0.3 is 20.5 Å². The molecule has 6 heteroatoms. The Hall–Kier alpha value is -1.18. The largest absolute Gasteiger partial charge is 0.490 e. The van der Waals surface area contributed by atoms with Crippen molar-refractivity contribution in [3.8, 4) is 11.5 Å². The monoisotopic (exact) mass is 429 g/mol. The first-order chi connectivity index (χ1) is 10.8. The molecule has 2 saturated carbocycles. The number of halogens is 1. The van der Waals surface area contributed by atoms with Gasteiger partial charge >= 0.3 is 0 Å². The van der Waals surface area contributed by atoms with Gasteiger partial charge in [-0.05, 0) is 49.1 Å². The Morgan fingerprint density at radius 2 is 1.96 bits per heavy atom. The van der Waals surface area contributed by atoms with Gasteiger partial charge in [0, 0.05) is 24.7 Å². The van der Waals surface area contributed by atoms with Crippen LogP contribution in [0.4, 0.5) is 5.69 Å². The third-order valence-corrected chi connectivity index (χ3v) is 4.92. The molecule has 2 aliphatic carbocycles. The zero-order valence-electron chi connectivity index (χ0n) is 13.2. The molecule has 1 aliphatic heterocycles. The Bertz CT molecular complexity index is 598. The minimum atomic E-state index is 0. The molecule has 0 saturated heterocycles. The summed E-state index contributed by atoms with van der Waals surface area (Å²) in [5.41, 5.74) is 7.41. The summed E-state index contributed by atoms with van der Waals surface area (Å²) in [7, 11) is 0. The van der Waals surface area contributed by atoms with E-state index in [0.717, 1.165) is 36.1 Å². The van der Waals surface area contributed by atoms with Crippen LogP contribution in [0.5, 0.6) is 11.5 Å². The van der Waals surface area contributed by atoms with Crippen molar-refractivity contribution in [2.75, 3.05) is 25.1 Å². The van der Waals surface area contributed by atoms with E-state index in [1.165, 1.54) is 25.7 Å². The molecule has 4 rings (SSSR count). The lowest BCUT2D eigenvalue weighted by Gasteiger charge is -2.13. The molecule has 0 unspecified atom stereocenters. The standard InChI is InChI=1S/C17H23N3O2.HI/c18-16(19-11-17(6-7-17)12-2-3-12)20-13-4-5-14-15(10-13)22-9-1-8-21-14;/h4-5,10,12H,1-3,6-9,11H2,(H3,18,19,20);1H. The third kappa shape index (κ3) is 3.84. The van der Waals surface area contributed by atoms with E-state index in [1.54, 1.807) is 0 Å². The summed E-state index contributed by atoms with van der Waals surface area (Å²) >= 11 is 0. The average Bonchev–Trinajstić information content (AvgIpc) is 3.40. The molecule has 1 aromatic carbocycles. The van der Waals surface area contributed by atoms with Crippen molar-refractivity contribution in [1.82, 2.24) is 0 Å². The first kappa shape index (κ1) is 16.7. The summed E-state index contributed by atoms with van der Waals surface area (Å²) < 4.78 is 11.3. The molecule has 0 atom stereocenters. The molecule has 23 heavy (non-hydrogen) atoms. The highest BCUT2D eigenvalue weighted by atomic mass is 127. The maximum absolute atomic E-state index is 6.03. The highest BCUT2D eigenvalue weighted by Gasteiger charge is 2.53. The smallest absolute Gasteiger partial charge is 0.193 e. The van der Waals surface area contributed by atoms with E-state index in [0.29, 0.717) is 24.6 Å². The number of fused-ring (bicyclic) bond motifs is 1. The summed E-state index contributed by atoms with van der Waals surface area (Å²) in [4.78, 5) is 4.56. The van der Waals surface area contributed by atoms with E-state index in [2.05, 4.69) is 10.3 Å². The van der Waals surface area contributed by atoms with Crippen LogP contribution in [0.25, 0.3) is 0 Å². The van der Waals surface area contributed by atoms with Gasteiger partial charge in [0.1, 0.15) is 0 Å². The Morgan fingerprint density at radius 1 is 1.22 bits per heavy atom. The van der Waals surface area contributed by atoms with Crippen LogP contribution in [0.3, 0.4) is 0 Å². The number of anilines is 1. The van der Waals surface area contributed by atoms with E-state index in [4.69, 9.17) is 15.2 Å². The molecule has 1 heterocycles. The molecule has 5 nitrogen and oxygen atoms in total. The van der Waals surface area contributed by atoms with Crippen molar-refractivity contribution >= 4 is 35.6 Å². The Balaban J connectivity index is 0.00000156. The average molecular weight is 429 g/mol. The number of nitrogens with one attached hydrogen (secondary N) is 1. The van der Waals surface area contributed by atoms with E-state index in [9.17, 15) is 0 Å². The maximum atomic E-state index is 6.03. The number of hydrogen-bond donors (Lipinski definition) is 2. The van der Waals surface area contributed by atoms with Gasteiger partial charge in [-0.15, -0.1) is 24.0 Å². The Morgan fingerprint density at radius 3 is 2.65 bits per heavy atom. The predicted molar refractivity (Wildman–Crippen MR) is 102 cm³/mol. The Kier molecular flexibility index (Phi) is 4.89. The van der Waals surface area contributed by atoms with Crippen LogP contribution >= 0.6 is 24.0 Å². The van der Waals surface area contributed by atoms with E-state index in [-0.39, 0.29) is 24.0 Å². The van der Waals surface area contributed by atoms with Crippen LogP contribution in [0, 0.1) is 11.3 Å². The van der Waals surface area contributed by atoms with Gasteiger partial charge in [0.15, 0.2) is 17.5 Å². The molecule has 0 amide bonds. The molecular formula is C17H24IN3O2. The topological polar surface area (TPSA) is 68.9 Å². The summed E-state index contributed by atoms with van der Waals surface area (Å²) in [6, 6.07) is 5.79. The zero-order valence-corrected chi connectivity index (χ0v) is 15.5. The minimum absolute atomic E-state index is 0. The van der Waals surface area contributed by atoms with Gasteiger partial charge in [-0.2, -0.15) is 0 Å². The summed E-state index contributed by atoms with van der Waals surface area (Å²) in [5, 5.41) is 3.16. The Labute approximate surface area is 154 Å². The quantitative estimate of drug-likeness (QED) is 0.438. The minimum Gasteiger partial charge on any atom is -0.490 e. The molecular weight excluding hydrogens is 405 g/mol. The number of aliphatic imine (C=N–C) groups is 1. The number of nitrogens with two attached hydrogens (primary N) is 1. The van der Waals surface area contributed by atoms with Crippen LogP contribution in [0.1, 0.15) is 32.1 Å². The summed E-state index contributed by atoms with van der Waals surface area (Å²) in [5.74, 6) is 2.96. The fraction of sp³-hybridized carbons (Fsp3) is 0.588. The second-order valence-electron chi connectivity index (χ2n) is 6.68. The van der Waals surface area contributed by atoms with E-state index >= 15 is 0 Å². The number of guanidine groups is 1. The second-order valence-corrected chi connectivity index (χ2v) is 6.68. The van der Waals surface area contributed by atoms with E-state index < -0.39 is 0 Å². The van der Waals surface area contributed by atoms with Crippen molar-refractivity contribution in [1.29, 1.82) is 0 Å². The van der Waals surface area contributed by atoms with E-state index in [1.807, 2.05) is 18.2 Å². The van der Waals surface area contributed by atoms with Gasteiger partial charge in [-0.25, -0.2) is 0 Å². The van der Waals surface area contributed by atoms with Gasteiger partial charge in [0.05, 0.1) is 13.2 Å². The van der Waals surface area contributed by atoms with Crippen molar-refractivity contribution < 1.29 is 9.47 Å². The lowest BCUT2D eigenvalue weighted by molar-refractivity contribution is 0.297. The van der Waals surface area contributed by atoms with Crippen molar-refractivity contribution in [3.63, 3.8) is 0 Å². The number of hydrogen-bond acceptors (Lipinski definition) is 3. The molecule has 126 valence electrons. The highest BCUT2D eigenvalue weighted by molar-refractivity contribution is 14.0. The lowest BCUT2D eigenvalue weighted by atomic mass is 10.0. The van der Waals surface area contributed by atoms with Gasteiger partial charge in [0.2, 0.25) is 0 Å². The van der Waals surface area contributed by atoms with Gasteiger partial charge in [-0.1, -0.05) is 0 Å². The van der Waals surface area contributed by atoms with Crippen LogP contribution < -0.4 is 20.5 Å². The SMILES string of the molecule is I.NC(=NCC1(C2CC2)CC1)Nc1ccc2c(c1)OCCCO2. The molecule has 1 aromatic rings. The fourth-order valence-corrected chi connectivity index (χ4v) is 3.22. The number of nitrogens with zero attached hydrogens (tertiary/aromatic N) is 1. The second kappa shape index (κ2) is 6.75. The van der Waals surface area contributed by atoms with Gasteiger partial charge in [0.25, 0.3) is 0 Å². The zero-order chi connectivity index (χ0) is 15.0. The molecule has 0 spiro atoms. The van der Waals surface area contributed by atoms with Crippen LogP contribution in [0.2, 0.25) is 0 Å². The van der Waals surface area contributed by atoms with Crippen LogP contribution in [-0.4, -0.2) is 25.7 Å². The predicted octanol–water partition coefficient (Wildman–Crippen LogP) is 3.38. The molecule has 0 radical (unpaired) electrons. The lowest BCUT2D eigenvalue weighted by Crippen LogP contribution is -2.24. The van der Waals surface area contributed by atoms with Gasteiger partial charge in [-0.3, -0.25) is 4.99 Å². The summed E-state index contributed by atoms with van der Waals surface area (Å²) in [6.07, 6.45) is 6.30. The van der Waals surface area contributed by atoms with Crippen molar-refractivity contribution in [2.24, 2.45) is 22.1 Å². The fourth-order valence-electron chi connectivity index (χ4n) is 3.22. The first-order valence-corrected chi connectivity index (χ1v) is 8.22. The summed E-state index contributed by atoms with van der Waals surface area (Å²) in [6.45, 7) is 2.25. The third-order valence-electron chi connectivity index (χ3n) is 4.92. The van der Waals surface area contributed by atoms with Crippen LogP contribution in [0.15, 0.2) is 23.2 Å². The molecule has 0 aromatic heterocycles. The highest BCUT2D eigenvalue weighted by Crippen LogP contribution is 2.61. The molecule has 2 fully saturated rings. The van der Waals surface area contributed by atoms with Crippen LogP contribution in [-0.2, 0) is 0 Å². The van der Waals surface area contributed by atoms with Crippen molar-refractivity contribution in [3.05, 3.63) is 18.2 Å². The molecule has 3 N–H and O–H groups in total. The normalized spacial score (nSPS) is 21.8. The number of rotatable bonds is 4. The molecule has 3 aliphatic rings. The maximum Gasteiger partial charge on any atom is 0.193 e.